The molecule has 2 amide bonds. The Kier molecular flexibility index (Phi) is 6.17. The molecule has 5 rings (SSSR count). The molecule has 0 saturated carbocycles. The minimum absolute atomic E-state index is 0.0559. The molecule has 3 saturated heterocycles. The second kappa shape index (κ2) is 9.23. The third-order valence-electron chi connectivity index (χ3n) is 7.14. The number of hydrogen-bond acceptors (Lipinski definition) is 4. The molecule has 3 heterocycles. The molecule has 7 heteroatoms. The Hall–Kier alpha value is -2.77. The van der Waals surface area contributed by atoms with Crippen molar-refractivity contribution in [3.05, 3.63) is 71.5 Å². The van der Waals surface area contributed by atoms with Crippen LogP contribution in [0.4, 0.5) is 4.39 Å². The first-order valence-electron chi connectivity index (χ1n) is 11.7. The van der Waals surface area contributed by atoms with E-state index >= 15 is 0 Å². The number of carbonyl (C=O) groups is 2. The van der Waals surface area contributed by atoms with Crippen LogP contribution in [0.25, 0.3) is 0 Å². The van der Waals surface area contributed by atoms with Gasteiger partial charge < -0.3 is 19.3 Å². The van der Waals surface area contributed by atoms with Crippen molar-refractivity contribution >= 4 is 11.8 Å². The van der Waals surface area contributed by atoms with Gasteiger partial charge in [0.05, 0.1) is 13.2 Å². The number of morpholine rings is 1. The lowest BCUT2D eigenvalue weighted by Gasteiger charge is -2.42. The highest BCUT2D eigenvalue weighted by Gasteiger charge is 2.58. The van der Waals surface area contributed by atoms with Crippen LogP contribution in [0.1, 0.15) is 34.7 Å². The summed E-state index contributed by atoms with van der Waals surface area (Å²) in [7, 11) is 0. The Morgan fingerprint density at radius 3 is 2.61 bits per heavy atom. The zero-order valence-electron chi connectivity index (χ0n) is 18.6. The van der Waals surface area contributed by atoms with Crippen LogP contribution in [0.2, 0.25) is 0 Å². The summed E-state index contributed by atoms with van der Waals surface area (Å²) in [6, 6.07) is 15.6. The molecule has 0 unspecified atom stereocenters. The van der Waals surface area contributed by atoms with Crippen LogP contribution in [0.3, 0.4) is 0 Å². The number of halogens is 1. The summed E-state index contributed by atoms with van der Waals surface area (Å²) in [6.45, 7) is 3.48. The predicted octanol–water partition coefficient (Wildman–Crippen LogP) is 3.09. The average Bonchev–Trinajstić information content (AvgIpc) is 3.10. The molecular formula is C26H29FN2O4. The second-order valence-corrected chi connectivity index (χ2v) is 9.20. The number of rotatable bonds is 4. The maximum Gasteiger partial charge on any atom is 0.257 e. The van der Waals surface area contributed by atoms with Gasteiger partial charge in [-0.2, -0.15) is 0 Å². The third-order valence-corrected chi connectivity index (χ3v) is 7.14. The summed E-state index contributed by atoms with van der Waals surface area (Å²) < 4.78 is 25.5. The van der Waals surface area contributed by atoms with E-state index in [1.54, 1.807) is 11.0 Å². The van der Waals surface area contributed by atoms with Crippen molar-refractivity contribution in [2.24, 2.45) is 5.92 Å². The van der Waals surface area contributed by atoms with E-state index in [0.717, 1.165) is 31.6 Å². The molecule has 2 aromatic rings. The Labute approximate surface area is 193 Å². The highest BCUT2D eigenvalue weighted by molar-refractivity contribution is 5.96. The van der Waals surface area contributed by atoms with E-state index in [9.17, 15) is 14.0 Å². The van der Waals surface area contributed by atoms with Gasteiger partial charge in [0.2, 0.25) is 0 Å². The Morgan fingerprint density at radius 2 is 1.85 bits per heavy atom. The monoisotopic (exact) mass is 452 g/mol. The van der Waals surface area contributed by atoms with Crippen molar-refractivity contribution in [1.29, 1.82) is 0 Å². The van der Waals surface area contributed by atoms with Crippen LogP contribution in [0.15, 0.2) is 54.6 Å². The molecule has 0 aromatic heterocycles. The van der Waals surface area contributed by atoms with Crippen molar-refractivity contribution in [3.63, 3.8) is 0 Å². The summed E-state index contributed by atoms with van der Waals surface area (Å²) in [4.78, 5) is 30.6. The fourth-order valence-corrected chi connectivity index (χ4v) is 5.39. The smallest absolute Gasteiger partial charge is 0.257 e. The minimum atomic E-state index is -1.13. The van der Waals surface area contributed by atoms with Gasteiger partial charge in [-0.05, 0) is 42.5 Å². The number of hydrogen-bond donors (Lipinski definition) is 0. The van der Waals surface area contributed by atoms with E-state index < -0.39 is 11.4 Å². The number of likely N-dealkylation sites (tertiary alicyclic amines) is 1. The molecule has 3 aliphatic rings. The quantitative estimate of drug-likeness (QED) is 0.716. The molecule has 3 fully saturated rings. The zero-order valence-corrected chi connectivity index (χ0v) is 18.6. The molecule has 174 valence electrons. The van der Waals surface area contributed by atoms with Gasteiger partial charge in [-0.15, -0.1) is 0 Å². The van der Waals surface area contributed by atoms with Crippen LogP contribution >= 0.6 is 0 Å². The molecule has 1 spiro atoms. The number of carbonyl (C=O) groups excluding carboxylic acids is 2. The Balaban J connectivity index is 1.44. The van der Waals surface area contributed by atoms with Crippen molar-refractivity contribution in [3.8, 4) is 0 Å². The van der Waals surface area contributed by atoms with E-state index in [4.69, 9.17) is 9.47 Å². The topological polar surface area (TPSA) is 59.1 Å². The van der Waals surface area contributed by atoms with E-state index in [1.165, 1.54) is 18.2 Å². The van der Waals surface area contributed by atoms with Gasteiger partial charge in [0.25, 0.3) is 11.8 Å². The van der Waals surface area contributed by atoms with E-state index in [0.29, 0.717) is 25.6 Å². The molecule has 2 aromatic carbocycles. The van der Waals surface area contributed by atoms with E-state index in [2.05, 4.69) is 0 Å². The van der Waals surface area contributed by atoms with E-state index in [-0.39, 0.29) is 36.4 Å². The van der Waals surface area contributed by atoms with Crippen LogP contribution < -0.4 is 0 Å². The normalized spacial score (nSPS) is 26.2. The summed E-state index contributed by atoms with van der Waals surface area (Å²) in [5.74, 6) is -0.568. The number of amides is 2. The maximum atomic E-state index is 13.9. The van der Waals surface area contributed by atoms with E-state index in [1.807, 2.05) is 35.2 Å². The third kappa shape index (κ3) is 4.27. The van der Waals surface area contributed by atoms with Crippen molar-refractivity contribution in [2.45, 2.75) is 24.4 Å². The zero-order chi connectivity index (χ0) is 22.8. The molecule has 0 N–H and O–H groups in total. The van der Waals surface area contributed by atoms with Crippen LogP contribution in [-0.4, -0.2) is 73.2 Å². The molecule has 0 radical (unpaired) electrons. The lowest BCUT2D eigenvalue weighted by Crippen LogP contribution is -2.59. The summed E-state index contributed by atoms with van der Waals surface area (Å²) in [5, 5.41) is 0. The molecule has 2 atom stereocenters. The van der Waals surface area contributed by atoms with Gasteiger partial charge in [0.1, 0.15) is 5.82 Å². The molecule has 0 aliphatic carbocycles. The molecule has 0 bridgehead atoms. The largest absolute Gasteiger partial charge is 0.381 e. The van der Waals surface area contributed by atoms with Crippen molar-refractivity contribution in [1.82, 2.24) is 9.80 Å². The fourth-order valence-electron chi connectivity index (χ4n) is 5.39. The highest BCUT2D eigenvalue weighted by Crippen LogP contribution is 2.43. The van der Waals surface area contributed by atoms with Gasteiger partial charge in [0.15, 0.2) is 5.60 Å². The highest BCUT2D eigenvalue weighted by atomic mass is 19.1. The Morgan fingerprint density at radius 1 is 1.06 bits per heavy atom. The summed E-state index contributed by atoms with van der Waals surface area (Å²) >= 11 is 0. The minimum Gasteiger partial charge on any atom is -0.381 e. The predicted molar refractivity (Wildman–Crippen MR) is 120 cm³/mol. The van der Waals surface area contributed by atoms with Crippen LogP contribution in [0, 0.1) is 11.7 Å². The SMILES string of the molecule is O=C(c1cccc(F)c1)N1CCO[C@]2(C1)C(=O)N(CC1CCOCC1)C[C@H]2c1ccccc1. The van der Waals surface area contributed by atoms with Crippen LogP contribution in [0.5, 0.6) is 0 Å². The molecule has 6 nitrogen and oxygen atoms in total. The first kappa shape index (κ1) is 22.0. The molecule has 33 heavy (non-hydrogen) atoms. The first-order chi connectivity index (χ1) is 16.1. The van der Waals surface area contributed by atoms with Gasteiger partial charge in [-0.25, -0.2) is 4.39 Å². The summed E-state index contributed by atoms with van der Waals surface area (Å²) in [6.07, 6.45) is 1.88. The lowest BCUT2D eigenvalue weighted by atomic mass is 9.83. The number of nitrogens with zero attached hydrogens (tertiary/aromatic N) is 2. The van der Waals surface area contributed by atoms with Crippen molar-refractivity contribution < 1.29 is 23.5 Å². The standard InChI is InChI=1S/C26H29FN2O4/c27-22-8-4-7-21(15-22)24(30)28-11-14-33-26(18-28)23(20-5-2-1-3-6-20)17-29(25(26)31)16-19-9-12-32-13-10-19/h1-8,15,19,23H,9-14,16-18H2/t23-,26-/m0/s1. The average molecular weight is 453 g/mol. The van der Waals surface area contributed by atoms with Gasteiger partial charge in [0, 0.05) is 44.3 Å². The number of benzene rings is 2. The Bertz CT molecular complexity index is 1010. The van der Waals surface area contributed by atoms with Gasteiger partial charge in [-0.3, -0.25) is 9.59 Å². The lowest BCUT2D eigenvalue weighted by molar-refractivity contribution is -0.160. The van der Waals surface area contributed by atoms with Crippen LogP contribution in [-0.2, 0) is 14.3 Å². The fraction of sp³-hybridized carbons (Fsp3) is 0.462. The molecular weight excluding hydrogens is 423 g/mol. The van der Waals surface area contributed by atoms with Gasteiger partial charge in [-0.1, -0.05) is 36.4 Å². The second-order valence-electron chi connectivity index (χ2n) is 9.20. The maximum absolute atomic E-state index is 13.9. The van der Waals surface area contributed by atoms with Gasteiger partial charge >= 0.3 is 0 Å². The summed E-state index contributed by atoms with van der Waals surface area (Å²) in [5.41, 5.74) is 0.182. The van der Waals surface area contributed by atoms with Crippen molar-refractivity contribution in [2.75, 3.05) is 46.0 Å². The molecule has 3 aliphatic heterocycles. The first-order valence-corrected chi connectivity index (χ1v) is 11.7. The number of ether oxygens (including phenoxy) is 2.